The highest BCUT2D eigenvalue weighted by molar-refractivity contribution is 5.08. The van der Waals surface area contributed by atoms with Crippen LogP contribution in [0.15, 0.2) is 12.4 Å². The van der Waals surface area contributed by atoms with Gasteiger partial charge in [0, 0.05) is 6.54 Å². The second-order valence-electron chi connectivity index (χ2n) is 3.50. The Hall–Kier alpha value is -0.990. The largest absolute Gasteiger partial charge is 0.505 e. The van der Waals surface area contributed by atoms with Gasteiger partial charge in [-0.15, -0.1) is 0 Å². The Bertz CT molecular complexity index is 230. The minimum Gasteiger partial charge on any atom is -0.505 e. The quantitative estimate of drug-likeness (QED) is 0.747. The molecule has 0 amide bonds. The van der Waals surface area contributed by atoms with Crippen molar-refractivity contribution >= 4 is 0 Å². The third-order valence-electron chi connectivity index (χ3n) is 1.79. The lowest BCUT2D eigenvalue weighted by molar-refractivity contribution is 0.468. The summed E-state index contributed by atoms with van der Waals surface area (Å²) in [6, 6.07) is 0. The van der Waals surface area contributed by atoms with E-state index in [1.807, 2.05) is 0 Å². The molecule has 1 rings (SSSR count). The van der Waals surface area contributed by atoms with Gasteiger partial charge in [0.2, 0.25) is 0 Å². The van der Waals surface area contributed by atoms with Gasteiger partial charge < -0.3 is 5.11 Å². The second-order valence-corrected chi connectivity index (χ2v) is 3.50. The van der Waals surface area contributed by atoms with Gasteiger partial charge in [0.05, 0.1) is 12.4 Å². The Kier molecular flexibility index (Phi) is 3.14. The van der Waals surface area contributed by atoms with Crippen molar-refractivity contribution in [2.75, 3.05) is 0 Å². The first-order valence-corrected chi connectivity index (χ1v) is 4.40. The maximum absolute atomic E-state index is 8.98. The van der Waals surface area contributed by atoms with E-state index in [1.165, 1.54) is 12.6 Å². The van der Waals surface area contributed by atoms with Crippen LogP contribution in [-0.2, 0) is 6.54 Å². The highest BCUT2D eigenvalue weighted by Crippen LogP contribution is 2.08. The molecule has 0 atom stereocenters. The van der Waals surface area contributed by atoms with E-state index in [2.05, 4.69) is 18.9 Å². The number of aromatic hydroxyl groups is 1. The number of hydrogen-bond donors (Lipinski definition) is 1. The molecular formula is C9H16N2O. The zero-order valence-corrected chi connectivity index (χ0v) is 7.70. The fraction of sp³-hybridized carbons (Fsp3) is 0.667. The zero-order valence-electron chi connectivity index (χ0n) is 7.70. The Labute approximate surface area is 73.0 Å². The van der Waals surface area contributed by atoms with Gasteiger partial charge in [0.1, 0.15) is 0 Å². The normalized spacial score (nSPS) is 10.9. The third kappa shape index (κ3) is 2.95. The highest BCUT2D eigenvalue weighted by atomic mass is 16.3. The van der Waals surface area contributed by atoms with Crippen LogP contribution >= 0.6 is 0 Å². The molecular weight excluding hydrogens is 152 g/mol. The molecule has 0 unspecified atom stereocenters. The van der Waals surface area contributed by atoms with Gasteiger partial charge in [-0.2, -0.15) is 5.10 Å². The minimum absolute atomic E-state index is 0.250. The molecule has 3 heteroatoms. The highest BCUT2D eigenvalue weighted by Gasteiger charge is 1.97. The minimum atomic E-state index is 0.250. The van der Waals surface area contributed by atoms with Gasteiger partial charge in [0.25, 0.3) is 0 Å². The van der Waals surface area contributed by atoms with Crippen LogP contribution in [0.3, 0.4) is 0 Å². The second kappa shape index (κ2) is 4.14. The lowest BCUT2D eigenvalue weighted by Crippen LogP contribution is -1.99. The third-order valence-corrected chi connectivity index (χ3v) is 1.79. The molecule has 1 N–H and O–H groups in total. The average Bonchev–Trinajstić information content (AvgIpc) is 2.35. The lowest BCUT2D eigenvalue weighted by atomic mass is 10.1. The van der Waals surface area contributed by atoms with Crippen molar-refractivity contribution in [2.24, 2.45) is 5.92 Å². The van der Waals surface area contributed by atoms with Gasteiger partial charge in [0.15, 0.2) is 5.75 Å². The van der Waals surface area contributed by atoms with Crippen LogP contribution in [0.4, 0.5) is 0 Å². The van der Waals surface area contributed by atoms with E-state index in [9.17, 15) is 0 Å². The molecule has 0 aliphatic heterocycles. The Morgan fingerprint density at radius 1 is 1.58 bits per heavy atom. The molecule has 0 radical (unpaired) electrons. The predicted octanol–water partition coefficient (Wildman–Crippen LogP) is 2.02. The summed E-state index contributed by atoms with van der Waals surface area (Å²) in [5.74, 6) is 0.994. The molecule has 1 heterocycles. The van der Waals surface area contributed by atoms with Crippen LogP contribution in [0, 0.1) is 5.92 Å². The summed E-state index contributed by atoms with van der Waals surface area (Å²) >= 11 is 0. The number of hydrogen-bond acceptors (Lipinski definition) is 2. The lowest BCUT2D eigenvalue weighted by Gasteiger charge is -2.03. The summed E-state index contributed by atoms with van der Waals surface area (Å²) in [6.45, 7) is 5.32. The average molecular weight is 168 g/mol. The van der Waals surface area contributed by atoms with Crippen LogP contribution in [0.25, 0.3) is 0 Å². The summed E-state index contributed by atoms with van der Waals surface area (Å²) in [6.07, 6.45) is 5.45. The molecule has 68 valence electrons. The topological polar surface area (TPSA) is 38.0 Å². The van der Waals surface area contributed by atoms with Crippen molar-refractivity contribution in [1.82, 2.24) is 9.78 Å². The molecule has 0 saturated carbocycles. The number of aromatic nitrogens is 2. The maximum atomic E-state index is 8.98. The predicted molar refractivity (Wildman–Crippen MR) is 48.0 cm³/mol. The van der Waals surface area contributed by atoms with E-state index in [0.29, 0.717) is 0 Å². The number of nitrogens with zero attached hydrogens (tertiary/aromatic N) is 2. The maximum Gasteiger partial charge on any atom is 0.153 e. The van der Waals surface area contributed by atoms with Gasteiger partial charge in [-0.05, 0) is 18.8 Å². The van der Waals surface area contributed by atoms with E-state index < -0.39 is 0 Å². The number of rotatable bonds is 4. The molecule has 12 heavy (non-hydrogen) atoms. The van der Waals surface area contributed by atoms with Crippen LogP contribution in [0.5, 0.6) is 5.75 Å². The van der Waals surface area contributed by atoms with E-state index >= 15 is 0 Å². The van der Waals surface area contributed by atoms with Crippen molar-refractivity contribution in [1.29, 1.82) is 0 Å². The molecule has 1 aromatic heterocycles. The monoisotopic (exact) mass is 168 g/mol. The van der Waals surface area contributed by atoms with Crippen LogP contribution < -0.4 is 0 Å². The van der Waals surface area contributed by atoms with Crippen molar-refractivity contribution in [3.05, 3.63) is 12.4 Å². The van der Waals surface area contributed by atoms with E-state index in [4.69, 9.17) is 5.11 Å². The summed E-state index contributed by atoms with van der Waals surface area (Å²) < 4.78 is 1.78. The molecule has 0 bridgehead atoms. The van der Waals surface area contributed by atoms with E-state index in [0.717, 1.165) is 18.9 Å². The fourth-order valence-corrected chi connectivity index (χ4v) is 1.14. The Balaban J connectivity index is 2.24. The first-order chi connectivity index (χ1) is 5.68. The Morgan fingerprint density at radius 2 is 2.33 bits per heavy atom. The summed E-state index contributed by atoms with van der Waals surface area (Å²) in [4.78, 5) is 0. The fourth-order valence-electron chi connectivity index (χ4n) is 1.14. The number of aryl methyl sites for hydroxylation is 1. The van der Waals surface area contributed by atoms with Gasteiger partial charge in [-0.1, -0.05) is 13.8 Å². The smallest absolute Gasteiger partial charge is 0.153 e. The molecule has 0 spiro atoms. The molecule has 0 aliphatic rings. The summed E-state index contributed by atoms with van der Waals surface area (Å²) in [5, 5.41) is 13.0. The van der Waals surface area contributed by atoms with Crippen LogP contribution in [-0.4, -0.2) is 14.9 Å². The van der Waals surface area contributed by atoms with Crippen molar-refractivity contribution in [3.63, 3.8) is 0 Å². The van der Waals surface area contributed by atoms with Crippen molar-refractivity contribution in [2.45, 2.75) is 33.2 Å². The molecule has 0 saturated heterocycles. The molecule has 1 aromatic rings. The van der Waals surface area contributed by atoms with Crippen LogP contribution in [0.1, 0.15) is 26.7 Å². The summed E-state index contributed by atoms with van der Waals surface area (Å²) in [5.41, 5.74) is 0. The van der Waals surface area contributed by atoms with Crippen molar-refractivity contribution in [3.8, 4) is 5.75 Å². The SMILES string of the molecule is CC(C)CCCn1cc(O)cn1. The van der Waals surface area contributed by atoms with E-state index in [-0.39, 0.29) is 5.75 Å². The van der Waals surface area contributed by atoms with Crippen molar-refractivity contribution < 1.29 is 5.11 Å². The first kappa shape index (κ1) is 9.10. The molecule has 3 nitrogen and oxygen atoms in total. The standard InChI is InChI=1S/C9H16N2O/c1-8(2)4-3-5-11-7-9(12)6-10-11/h6-8,12H,3-5H2,1-2H3. The van der Waals surface area contributed by atoms with E-state index in [1.54, 1.807) is 10.9 Å². The molecule has 0 aliphatic carbocycles. The zero-order chi connectivity index (χ0) is 8.97. The van der Waals surface area contributed by atoms with Gasteiger partial charge >= 0.3 is 0 Å². The molecule has 0 aromatic carbocycles. The van der Waals surface area contributed by atoms with Gasteiger partial charge in [-0.3, -0.25) is 4.68 Å². The molecule has 0 fully saturated rings. The van der Waals surface area contributed by atoms with Crippen LogP contribution in [0.2, 0.25) is 0 Å². The Morgan fingerprint density at radius 3 is 2.83 bits per heavy atom. The summed E-state index contributed by atoms with van der Waals surface area (Å²) in [7, 11) is 0. The first-order valence-electron chi connectivity index (χ1n) is 4.40. The van der Waals surface area contributed by atoms with Gasteiger partial charge in [-0.25, -0.2) is 0 Å².